The Hall–Kier alpha value is -3.56. The molecule has 6 N–H and O–H groups in total. The van der Waals surface area contributed by atoms with Crippen molar-refractivity contribution in [2.45, 2.75) is 135 Å². The molecule has 1 heterocycles. The number of nitrogens with two attached hydrogens (primary N) is 1. The van der Waals surface area contributed by atoms with Crippen LogP contribution in [-0.4, -0.2) is 95.4 Å². The molecule has 4 fully saturated rings. The molecule has 1 unspecified atom stereocenters. The molecule has 5 rings (SSSR count). The van der Waals surface area contributed by atoms with Gasteiger partial charge in [-0.05, 0) is 75.0 Å². The third-order valence-corrected chi connectivity index (χ3v) is 13.0. The first-order valence-electron chi connectivity index (χ1n) is 19.2. The lowest BCUT2D eigenvalue weighted by Gasteiger charge is -2.63. The maximum atomic E-state index is 17.8. The molecule has 0 aromatic heterocycles. The largest absolute Gasteiger partial charge is 0.390 e. The third kappa shape index (κ3) is 6.93. The molecule has 3 saturated carbocycles. The van der Waals surface area contributed by atoms with Crippen LogP contribution >= 0.6 is 0 Å². The summed E-state index contributed by atoms with van der Waals surface area (Å²) in [5.41, 5.74) is -1.76. The fourth-order valence-corrected chi connectivity index (χ4v) is 10.4. The van der Waals surface area contributed by atoms with Crippen molar-refractivity contribution in [3.63, 3.8) is 0 Å². The summed E-state index contributed by atoms with van der Waals surface area (Å²) in [5, 5.41) is 19.6. The van der Waals surface area contributed by atoms with Crippen molar-refractivity contribution < 1.29 is 52.1 Å². The molecule has 4 amide bonds. The number of primary amides is 1. The number of fused-ring (bicyclic) bond motifs is 7. The number of carbonyl (C=O) groups excluding carboxylic acids is 6. The Morgan fingerprint density at radius 1 is 1.11 bits per heavy atom. The summed E-state index contributed by atoms with van der Waals surface area (Å²) in [6, 6.07) is -1.59. The maximum absolute atomic E-state index is 17.8. The summed E-state index contributed by atoms with van der Waals surface area (Å²) in [6.07, 6.45) is -0.398. The van der Waals surface area contributed by atoms with Gasteiger partial charge in [0.25, 0.3) is 0 Å². The normalized spacial score (nSPS) is 37.6. The Balaban J connectivity index is 1.42. The predicted molar refractivity (Wildman–Crippen MR) is 192 cm³/mol. The summed E-state index contributed by atoms with van der Waals surface area (Å²) in [6.45, 7) is 9.62. The molecule has 5 aliphatic rings. The highest BCUT2D eigenvalue weighted by Gasteiger charge is 2.80. The van der Waals surface area contributed by atoms with Crippen molar-refractivity contribution in [1.29, 1.82) is 0 Å². The summed E-state index contributed by atoms with van der Waals surface area (Å²) < 4.78 is 46.8. The van der Waals surface area contributed by atoms with Crippen LogP contribution in [0.2, 0.25) is 0 Å². The fourth-order valence-electron chi connectivity index (χ4n) is 10.4. The summed E-state index contributed by atoms with van der Waals surface area (Å²) >= 11 is 0. The van der Waals surface area contributed by atoms with Crippen LogP contribution in [0.15, 0.2) is 23.8 Å². The molecule has 54 heavy (non-hydrogen) atoms. The van der Waals surface area contributed by atoms with Gasteiger partial charge in [-0.3, -0.25) is 24.0 Å². The molecular formula is C39H56F2N4O9. The van der Waals surface area contributed by atoms with E-state index in [9.17, 15) is 33.9 Å². The highest BCUT2D eigenvalue weighted by Crippen LogP contribution is 2.72. The molecule has 15 heteroatoms. The molecule has 0 radical (unpaired) electrons. The van der Waals surface area contributed by atoms with Crippen LogP contribution in [0.5, 0.6) is 0 Å². The summed E-state index contributed by atoms with van der Waals surface area (Å²) in [7, 11) is 0. The molecule has 0 bridgehead atoms. The van der Waals surface area contributed by atoms with Gasteiger partial charge in [0.15, 0.2) is 34.9 Å². The molecule has 4 aliphatic carbocycles. The van der Waals surface area contributed by atoms with E-state index in [-0.39, 0.29) is 62.3 Å². The van der Waals surface area contributed by atoms with Crippen LogP contribution in [0, 0.1) is 34.5 Å². The van der Waals surface area contributed by atoms with Gasteiger partial charge in [-0.1, -0.05) is 40.2 Å². The smallest absolute Gasteiger partial charge is 0.312 e. The first-order chi connectivity index (χ1) is 25.3. The number of hydrogen-bond donors (Lipinski definition) is 5. The van der Waals surface area contributed by atoms with Crippen LogP contribution in [0.4, 0.5) is 13.6 Å². The zero-order chi connectivity index (χ0) is 40.0. The number of carbonyl (C=O) groups is 6. The van der Waals surface area contributed by atoms with Crippen LogP contribution < -0.4 is 21.7 Å². The molecule has 0 aromatic carbocycles. The van der Waals surface area contributed by atoms with Crippen molar-refractivity contribution in [2.24, 2.45) is 40.2 Å². The predicted octanol–water partition coefficient (Wildman–Crippen LogP) is 3.07. The topological polar surface area (TPSA) is 203 Å². The average molecular weight is 763 g/mol. The van der Waals surface area contributed by atoms with Crippen molar-refractivity contribution in [2.75, 3.05) is 13.1 Å². The van der Waals surface area contributed by atoms with Gasteiger partial charge < -0.3 is 36.3 Å². The standard InChI is InChI=1S/C39H56F2N4O9/c1-7-9-32-53-31-17-24-25-16-27(40)26-15-23(47)11-12-36(26,5)38(25,41)29(49)18-37(24,6)39(31,54-32)30(50)19-44-34(51)22(10-8-13-43-35(42)52)14-28(48)33(20(2)3)45-21(4)46/h11-12,15,20,22,24-25,27,29,31-33,49H,7-10,13-14,16-19H2,1-6H3,(H,44,51)(H,45,46)(H3,42,43,52)/t22-,24+,25+,27+,29+,31-,32?,33+,36+,37+,38+,39-/m1/s1. The van der Waals surface area contributed by atoms with Gasteiger partial charge in [0.05, 0.1) is 24.8 Å². The highest BCUT2D eigenvalue weighted by molar-refractivity contribution is 6.01. The Labute approximate surface area is 315 Å². The van der Waals surface area contributed by atoms with Gasteiger partial charge in [0.2, 0.25) is 11.8 Å². The number of urea groups is 1. The van der Waals surface area contributed by atoms with Gasteiger partial charge >= 0.3 is 6.03 Å². The number of alkyl halides is 2. The van der Waals surface area contributed by atoms with E-state index in [1.165, 1.54) is 26.0 Å². The minimum absolute atomic E-state index is 0.00570. The van der Waals surface area contributed by atoms with Gasteiger partial charge in [-0.2, -0.15) is 0 Å². The number of ether oxygens (including phenoxy) is 2. The first kappa shape index (κ1) is 41.6. The number of halogens is 2. The molecule has 1 aliphatic heterocycles. The van der Waals surface area contributed by atoms with Gasteiger partial charge in [-0.15, -0.1) is 0 Å². The Bertz CT molecular complexity index is 1600. The maximum Gasteiger partial charge on any atom is 0.312 e. The summed E-state index contributed by atoms with van der Waals surface area (Å²) in [4.78, 5) is 77.2. The van der Waals surface area contributed by atoms with Gasteiger partial charge in [0, 0.05) is 42.6 Å². The van der Waals surface area contributed by atoms with Crippen molar-refractivity contribution >= 4 is 35.2 Å². The number of rotatable bonds is 15. The lowest BCUT2D eigenvalue weighted by atomic mass is 9.44. The highest BCUT2D eigenvalue weighted by atomic mass is 19.1. The van der Waals surface area contributed by atoms with Crippen LogP contribution in [-0.2, 0) is 33.4 Å². The second-order valence-corrected chi connectivity index (χ2v) is 16.7. The van der Waals surface area contributed by atoms with Gasteiger partial charge in [-0.25, -0.2) is 13.6 Å². The number of Topliss-reactive ketones (excluding diaryl/α,β-unsaturated/α-hetero) is 2. The van der Waals surface area contributed by atoms with E-state index >= 15 is 8.78 Å². The van der Waals surface area contributed by atoms with Gasteiger partial charge in [0.1, 0.15) is 6.17 Å². The Morgan fingerprint density at radius 3 is 2.44 bits per heavy atom. The SMILES string of the molecule is CCCC1O[C@@H]2C[C@H]3[C@@H]4C[C@H](F)C5=CC(=O)C=C[C@]5(C)[C@@]4(F)[C@@H](O)C[C@]3(C)[C@]2(C(=O)CNC(=O)[C@H](CCCNC(N)=O)CC(=O)[C@@H](NC(C)=O)C(C)C)O1. The second kappa shape index (κ2) is 15.5. The number of hydrogen-bond acceptors (Lipinski definition) is 9. The van der Waals surface area contributed by atoms with Crippen molar-refractivity contribution in [1.82, 2.24) is 16.0 Å². The van der Waals surface area contributed by atoms with Crippen molar-refractivity contribution in [3.05, 3.63) is 23.8 Å². The van der Waals surface area contributed by atoms with E-state index in [4.69, 9.17) is 15.2 Å². The fraction of sp³-hybridized carbons (Fsp3) is 0.744. The molecule has 0 spiro atoms. The van der Waals surface area contributed by atoms with Crippen LogP contribution in [0.1, 0.15) is 92.9 Å². The molecule has 300 valence electrons. The number of amides is 4. The van der Waals surface area contributed by atoms with E-state index < -0.39 is 107 Å². The summed E-state index contributed by atoms with van der Waals surface area (Å²) in [5.74, 6) is -5.33. The number of nitrogens with one attached hydrogen (secondary N) is 3. The molecule has 13 nitrogen and oxygen atoms in total. The zero-order valence-corrected chi connectivity index (χ0v) is 32.0. The third-order valence-electron chi connectivity index (χ3n) is 13.0. The van der Waals surface area contributed by atoms with Crippen LogP contribution in [0.25, 0.3) is 0 Å². The lowest BCUT2D eigenvalue weighted by Crippen LogP contribution is -2.71. The number of allylic oxidation sites excluding steroid dienone is 4. The van der Waals surface area contributed by atoms with E-state index in [1.807, 2.05) is 6.92 Å². The molecule has 12 atom stereocenters. The first-order valence-corrected chi connectivity index (χ1v) is 19.2. The van der Waals surface area contributed by atoms with Crippen molar-refractivity contribution in [3.8, 4) is 0 Å². The van der Waals surface area contributed by atoms with E-state index in [1.54, 1.807) is 20.8 Å². The van der Waals surface area contributed by atoms with E-state index in [2.05, 4.69) is 16.0 Å². The van der Waals surface area contributed by atoms with Crippen LogP contribution in [0.3, 0.4) is 0 Å². The quantitative estimate of drug-likeness (QED) is 0.156. The van der Waals surface area contributed by atoms with E-state index in [0.29, 0.717) is 12.8 Å². The van der Waals surface area contributed by atoms with E-state index in [0.717, 1.165) is 6.08 Å². The minimum atomic E-state index is -2.36. The molecular weight excluding hydrogens is 706 g/mol. The molecule has 1 saturated heterocycles. The number of ketones is 3. The average Bonchev–Trinajstić information content (AvgIpc) is 3.57. The zero-order valence-electron chi connectivity index (χ0n) is 32.0. The number of aliphatic hydroxyl groups is 1. The number of aliphatic hydroxyl groups excluding tert-OH is 1. The second-order valence-electron chi connectivity index (χ2n) is 16.7. The minimum Gasteiger partial charge on any atom is -0.390 e. The monoisotopic (exact) mass is 762 g/mol. The Morgan fingerprint density at radius 2 is 1.81 bits per heavy atom. The Kier molecular flexibility index (Phi) is 12.0. The molecule has 0 aromatic rings. The lowest BCUT2D eigenvalue weighted by molar-refractivity contribution is -0.234.